The van der Waals surface area contributed by atoms with Crippen LogP contribution in [0.5, 0.6) is 0 Å². The molecule has 104 valence electrons. The standard InChI is InChI=1S/C15H24N4/c1-2-3-11-17-15(19-16)18-14-10-6-8-12-7-4-5-9-13(12)14/h6,8,10H,2-5,7,9,11,16H2,1H3,(H2,17,18,19). The molecule has 1 aromatic rings. The number of unbranched alkanes of at least 4 members (excludes halogenated alkanes) is 1. The van der Waals surface area contributed by atoms with E-state index in [1.54, 1.807) is 0 Å². The average molecular weight is 260 g/mol. The molecule has 4 nitrogen and oxygen atoms in total. The summed E-state index contributed by atoms with van der Waals surface area (Å²) in [6.07, 6.45) is 7.11. The molecule has 0 saturated heterocycles. The maximum Gasteiger partial charge on any atom is 0.210 e. The Labute approximate surface area is 115 Å². The number of rotatable bonds is 4. The number of hydrogen-bond donors (Lipinski definition) is 3. The van der Waals surface area contributed by atoms with Crippen molar-refractivity contribution in [3.63, 3.8) is 0 Å². The summed E-state index contributed by atoms with van der Waals surface area (Å²) in [5.74, 6) is 6.20. The van der Waals surface area contributed by atoms with Crippen molar-refractivity contribution in [2.24, 2.45) is 10.8 Å². The number of aliphatic imine (C=N–C) groups is 1. The van der Waals surface area contributed by atoms with E-state index in [0.717, 1.165) is 31.5 Å². The lowest BCUT2D eigenvalue weighted by Crippen LogP contribution is -2.36. The first kappa shape index (κ1) is 13.9. The van der Waals surface area contributed by atoms with Crippen LogP contribution in [0.3, 0.4) is 0 Å². The van der Waals surface area contributed by atoms with Gasteiger partial charge in [-0.1, -0.05) is 25.5 Å². The summed E-state index contributed by atoms with van der Waals surface area (Å²) in [6.45, 7) is 2.96. The average Bonchev–Trinajstić information content (AvgIpc) is 2.46. The summed E-state index contributed by atoms with van der Waals surface area (Å²) in [4.78, 5) is 4.45. The predicted molar refractivity (Wildman–Crippen MR) is 81.2 cm³/mol. The second-order valence-electron chi connectivity index (χ2n) is 5.00. The lowest BCUT2D eigenvalue weighted by Gasteiger charge is -2.20. The molecule has 0 radical (unpaired) electrons. The molecule has 0 saturated carbocycles. The number of nitrogens with zero attached hydrogens (tertiary/aromatic N) is 1. The number of fused-ring (bicyclic) bond motifs is 1. The number of anilines is 1. The van der Waals surface area contributed by atoms with Crippen molar-refractivity contribution in [3.8, 4) is 0 Å². The van der Waals surface area contributed by atoms with Gasteiger partial charge in [0.1, 0.15) is 0 Å². The molecule has 0 heterocycles. The van der Waals surface area contributed by atoms with E-state index < -0.39 is 0 Å². The first-order valence-corrected chi connectivity index (χ1v) is 7.24. The van der Waals surface area contributed by atoms with Gasteiger partial charge in [0.15, 0.2) is 0 Å². The van der Waals surface area contributed by atoms with Gasteiger partial charge < -0.3 is 5.32 Å². The molecule has 1 aromatic carbocycles. The highest BCUT2D eigenvalue weighted by Crippen LogP contribution is 2.27. The summed E-state index contributed by atoms with van der Waals surface area (Å²) in [6, 6.07) is 6.44. The lowest BCUT2D eigenvalue weighted by atomic mass is 9.90. The van der Waals surface area contributed by atoms with Crippen LogP contribution in [0.4, 0.5) is 5.69 Å². The van der Waals surface area contributed by atoms with E-state index in [-0.39, 0.29) is 0 Å². The van der Waals surface area contributed by atoms with Crippen LogP contribution in [0.2, 0.25) is 0 Å². The minimum Gasteiger partial charge on any atom is -0.325 e. The Morgan fingerprint density at radius 1 is 1.32 bits per heavy atom. The zero-order chi connectivity index (χ0) is 13.5. The van der Waals surface area contributed by atoms with Crippen LogP contribution in [0.1, 0.15) is 43.7 Å². The summed E-state index contributed by atoms with van der Waals surface area (Å²) in [7, 11) is 0. The van der Waals surface area contributed by atoms with Gasteiger partial charge in [-0.25, -0.2) is 5.84 Å². The number of aryl methyl sites for hydroxylation is 1. The van der Waals surface area contributed by atoms with Crippen molar-refractivity contribution in [1.82, 2.24) is 5.43 Å². The first-order chi connectivity index (χ1) is 9.35. The van der Waals surface area contributed by atoms with Crippen molar-refractivity contribution in [3.05, 3.63) is 29.3 Å². The van der Waals surface area contributed by atoms with E-state index in [4.69, 9.17) is 5.84 Å². The van der Waals surface area contributed by atoms with Gasteiger partial charge in [0.25, 0.3) is 0 Å². The normalized spacial score (nSPS) is 14.9. The van der Waals surface area contributed by atoms with Crippen LogP contribution < -0.4 is 16.6 Å². The van der Waals surface area contributed by atoms with Crippen molar-refractivity contribution in [2.45, 2.75) is 45.4 Å². The fourth-order valence-electron chi connectivity index (χ4n) is 2.50. The molecular weight excluding hydrogens is 236 g/mol. The molecular formula is C15H24N4. The number of hydrazine groups is 1. The molecule has 0 bridgehead atoms. The molecule has 0 unspecified atom stereocenters. The Morgan fingerprint density at radius 2 is 2.16 bits per heavy atom. The van der Waals surface area contributed by atoms with Crippen LogP contribution in [0.25, 0.3) is 0 Å². The van der Waals surface area contributed by atoms with Crippen molar-refractivity contribution in [2.75, 3.05) is 11.9 Å². The Morgan fingerprint density at radius 3 is 2.95 bits per heavy atom. The van der Waals surface area contributed by atoms with Crippen molar-refractivity contribution < 1.29 is 0 Å². The third-order valence-electron chi connectivity index (χ3n) is 3.57. The van der Waals surface area contributed by atoms with E-state index in [0.29, 0.717) is 5.96 Å². The highest BCUT2D eigenvalue weighted by molar-refractivity contribution is 5.94. The highest BCUT2D eigenvalue weighted by Gasteiger charge is 2.13. The third-order valence-corrected chi connectivity index (χ3v) is 3.57. The monoisotopic (exact) mass is 260 g/mol. The Kier molecular flexibility index (Phi) is 5.21. The Bertz CT molecular complexity index is 440. The number of guanidine groups is 1. The van der Waals surface area contributed by atoms with Gasteiger partial charge in [-0.15, -0.1) is 0 Å². The first-order valence-electron chi connectivity index (χ1n) is 7.24. The maximum atomic E-state index is 5.54. The molecule has 2 rings (SSSR count). The quantitative estimate of drug-likeness (QED) is 0.256. The molecule has 0 atom stereocenters. The zero-order valence-corrected chi connectivity index (χ0v) is 11.7. The summed E-state index contributed by atoms with van der Waals surface area (Å²) >= 11 is 0. The van der Waals surface area contributed by atoms with Crippen LogP contribution in [0, 0.1) is 0 Å². The lowest BCUT2D eigenvalue weighted by molar-refractivity contribution is 0.687. The Hall–Kier alpha value is -1.55. The number of nitrogens with two attached hydrogens (primary N) is 1. The van der Waals surface area contributed by atoms with Crippen LogP contribution >= 0.6 is 0 Å². The van der Waals surface area contributed by atoms with Gasteiger partial charge in [-0.05, 0) is 49.3 Å². The van der Waals surface area contributed by atoms with Gasteiger partial charge in [-0.2, -0.15) is 0 Å². The summed E-state index contributed by atoms with van der Waals surface area (Å²) in [5, 5.41) is 3.33. The molecule has 0 aromatic heterocycles. The smallest absolute Gasteiger partial charge is 0.210 e. The topological polar surface area (TPSA) is 62.4 Å². The fraction of sp³-hybridized carbons (Fsp3) is 0.533. The minimum atomic E-state index is 0.660. The maximum absolute atomic E-state index is 5.54. The summed E-state index contributed by atoms with van der Waals surface area (Å²) < 4.78 is 0. The predicted octanol–water partition coefficient (Wildman–Crippen LogP) is 2.60. The molecule has 1 aliphatic rings. The molecule has 0 aliphatic heterocycles. The van der Waals surface area contributed by atoms with Crippen LogP contribution in [0.15, 0.2) is 23.2 Å². The second kappa shape index (κ2) is 7.14. The minimum absolute atomic E-state index is 0.660. The van der Waals surface area contributed by atoms with Crippen LogP contribution in [-0.4, -0.2) is 12.5 Å². The van der Waals surface area contributed by atoms with E-state index in [1.807, 2.05) is 0 Å². The molecule has 0 amide bonds. The van der Waals surface area contributed by atoms with Crippen LogP contribution in [-0.2, 0) is 12.8 Å². The molecule has 4 heteroatoms. The molecule has 0 fully saturated rings. The van der Waals surface area contributed by atoms with Gasteiger partial charge in [0.2, 0.25) is 5.96 Å². The largest absolute Gasteiger partial charge is 0.325 e. The molecule has 4 N–H and O–H groups in total. The number of nitrogens with one attached hydrogen (secondary N) is 2. The van der Waals surface area contributed by atoms with Gasteiger partial charge in [0, 0.05) is 12.2 Å². The van der Waals surface area contributed by atoms with Crippen molar-refractivity contribution >= 4 is 11.6 Å². The fourth-order valence-corrected chi connectivity index (χ4v) is 2.50. The SMILES string of the molecule is CCCCN=C(NN)Nc1cccc2c1CCCC2. The molecule has 19 heavy (non-hydrogen) atoms. The number of hydrogen-bond acceptors (Lipinski definition) is 2. The second-order valence-corrected chi connectivity index (χ2v) is 5.00. The van der Waals surface area contributed by atoms with E-state index >= 15 is 0 Å². The van der Waals surface area contributed by atoms with Crippen molar-refractivity contribution in [1.29, 1.82) is 0 Å². The number of benzene rings is 1. The Balaban J connectivity index is 2.11. The van der Waals surface area contributed by atoms with Gasteiger partial charge >= 0.3 is 0 Å². The third kappa shape index (κ3) is 3.70. The molecule has 1 aliphatic carbocycles. The molecule has 0 spiro atoms. The van der Waals surface area contributed by atoms with E-state index in [1.165, 1.54) is 30.4 Å². The van der Waals surface area contributed by atoms with E-state index in [9.17, 15) is 0 Å². The van der Waals surface area contributed by atoms with Gasteiger partial charge in [-0.3, -0.25) is 10.4 Å². The highest BCUT2D eigenvalue weighted by atomic mass is 15.3. The zero-order valence-electron chi connectivity index (χ0n) is 11.7. The van der Waals surface area contributed by atoms with E-state index in [2.05, 4.69) is 40.9 Å². The summed E-state index contributed by atoms with van der Waals surface area (Å²) in [5.41, 5.74) is 6.68. The van der Waals surface area contributed by atoms with Gasteiger partial charge in [0.05, 0.1) is 0 Å².